The maximum atomic E-state index is 12.6. The Labute approximate surface area is 188 Å². The lowest BCUT2D eigenvalue weighted by Gasteiger charge is -2.10. The standard InChI is InChI=1S/C24H21NO8/c1-28-19-8-5-14(11-21(19)29-2)18-10-15-4-6-16(12-20(15)32-24(18)27)31-23(26)9-7-17-13-22(30-3)25-33-17/h4-6,8,10-13H,7,9H2,1-3H3. The maximum absolute atomic E-state index is 12.6. The minimum Gasteiger partial charge on any atom is -0.493 e. The summed E-state index contributed by atoms with van der Waals surface area (Å²) < 4.78 is 31.4. The molecule has 0 radical (unpaired) electrons. The number of hydrogen-bond acceptors (Lipinski definition) is 9. The quantitative estimate of drug-likeness (QED) is 0.223. The van der Waals surface area contributed by atoms with Crippen LogP contribution in [-0.2, 0) is 11.2 Å². The van der Waals surface area contributed by atoms with Crippen LogP contribution in [0, 0.1) is 0 Å². The van der Waals surface area contributed by atoms with Gasteiger partial charge in [0.1, 0.15) is 17.1 Å². The van der Waals surface area contributed by atoms with Crippen molar-refractivity contribution in [1.82, 2.24) is 5.16 Å². The number of ether oxygens (including phenoxy) is 4. The smallest absolute Gasteiger partial charge is 0.344 e. The Bertz CT molecular complexity index is 1350. The van der Waals surface area contributed by atoms with Gasteiger partial charge in [-0.1, -0.05) is 6.07 Å². The Hall–Kier alpha value is -4.27. The van der Waals surface area contributed by atoms with Crippen LogP contribution in [0.1, 0.15) is 12.2 Å². The average molecular weight is 451 g/mol. The molecule has 4 aromatic rings. The molecule has 2 aromatic heterocycles. The summed E-state index contributed by atoms with van der Waals surface area (Å²) in [6, 6.07) is 13.3. The zero-order chi connectivity index (χ0) is 23.4. The van der Waals surface area contributed by atoms with Gasteiger partial charge in [-0.2, -0.15) is 0 Å². The molecule has 0 amide bonds. The van der Waals surface area contributed by atoms with E-state index in [1.165, 1.54) is 27.4 Å². The van der Waals surface area contributed by atoms with E-state index in [1.54, 1.807) is 42.5 Å². The number of fused-ring (bicyclic) bond motifs is 1. The van der Waals surface area contributed by atoms with Crippen LogP contribution < -0.4 is 24.6 Å². The van der Waals surface area contributed by atoms with Crippen LogP contribution in [0.5, 0.6) is 23.1 Å². The molecule has 2 aromatic carbocycles. The van der Waals surface area contributed by atoms with Crippen molar-refractivity contribution in [2.45, 2.75) is 12.8 Å². The highest BCUT2D eigenvalue weighted by Gasteiger charge is 2.14. The second-order valence-corrected chi connectivity index (χ2v) is 7.03. The molecule has 0 N–H and O–H groups in total. The lowest BCUT2D eigenvalue weighted by atomic mass is 10.1. The van der Waals surface area contributed by atoms with Crippen LogP contribution in [-0.4, -0.2) is 32.5 Å². The predicted octanol–water partition coefficient (Wildman–Crippen LogP) is 4.01. The van der Waals surface area contributed by atoms with Crippen molar-refractivity contribution < 1.29 is 32.7 Å². The highest BCUT2D eigenvalue weighted by atomic mass is 16.5. The topological polar surface area (TPSA) is 110 Å². The number of methoxy groups -OCH3 is 3. The molecule has 0 aliphatic rings. The van der Waals surface area contributed by atoms with E-state index < -0.39 is 11.6 Å². The van der Waals surface area contributed by atoms with Crippen LogP contribution in [0.25, 0.3) is 22.1 Å². The van der Waals surface area contributed by atoms with Crippen molar-refractivity contribution in [3.8, 4) is 34.3 Å². The molecule has 0 saturated heterocycles. The Morgan fingerprint density at radius 2 is 1.76 bits per heavy atom. The van der Waals surface area contributed by atoms with Crippen molar-refractivity contribution in [1.29, 1.82) is 0 Å². The number of carbonyl (C=O) groups excluding carboxylic acids is 1. The minimum atomic E-state index is -0.530. The maximum Gasteiger partial charge on any atom is 0.344 e. The third-order valence-electron chi connectivity index (χ3n) is 4.96. The fourth-order valence-corrected chi connectivity index (χ4v) is 3.28. The number of benzene rings is 2. The van der Waals surface area contributed by atoms with E-state index in [1.807, 2.05) is 0 Å². The summed E-state index contributed by atoms with van der Waals surface area (Å²) in [5.41, 5.74) is 0.769. The van der Waals surface area contributed by atoms with Crippen molar-refractivity contribution in [3.05, 3.63) is 64.7 Å². The SMILES string of the molecule is COc1cc(CCC(=O)Oc2ccc3cc(-c4ccc(OC)c(OC)c4)c(=O)oc3c2)on1. The van der Waals surface area contributed by atoms with Gasteiger partial charge in [0.25, 0.3) is 5.88 Å². The molecule has 9 heteroatoms. The average Bonchev–Trinajstić information content (AvgIpc) is 3.30. The van der Waals surface area contributed by atoms with Gasteiger partial charge in [0.15, 0.2) is 11.5 Å². The fraction of sp³-hybridized carbons (Fsp3) is 0.208. The number of hydrogen-bond donors (Lipinski definition) is 0. The van der Waals surface area contributed by atoms with E-state index in [0.717, 1.165) is 0 Å². The predicted molar refractivity (Wildman–Crippen MR) is 118 cm³/mol. The van der Waals surface area contributed by atoms with Crippen molar-refractivity contribution >= 4 is 16.9 Å². The van der Waals surface area contributed by atoms with Crippen LogP contribution in [0.2, 0.25) is 0 Å². The Morgan fingerprint density at radius 1 is 0.939 bits per heavy atom. The molecule has 0 bridgehead atoms. The number of esters is 1. The van der Waals surface area contributed by atoms with Crippen LogP contribution >= 0.6 is 0 Å². The molecule has 0 saturated carbocycles. The number of carbonyl (C=O) groups is 1. The molecule has 0 unspecified atom stereocenters. The number of aromatic nitrogens is 1. The summed E-state index contributed by atoms with van der Waals surface area (Å²) in [6.07, 6.45) is 0.394. The van der Waals surface area contributed by atoms with Crippen LogP contribution in [0.4, 0.5) is 0 Å². The molecular weight excluding hydrogens is 430 g/mol. The molecular formula is C24H21NO8. The lowest BCUT2D eigenvalue weighted by Crippen LogP contribution is -2.09. The van der Waals surface area contributed by atoms with E-state index in [-0.39, 0.29) is 12.2 Å². The number of aryl methyl sites for hydroxylation is 1. The molecule has 0 aliphatic heterocycles. The van der Waals surface area contributed by atoms with Crippen LogP contribution in [0.3, 0.4) is 0 Å². The Balaban J connectivity index is 1.51. The third kappa shape index (κ3) is 4.82. The largest absolute Gasteiger partial charge is 0.493 e. The molecule has 4 rings (SSSR count). The molecule has 170 valence electrons. The Morgan fingerprint density at radius 3 is 2.48 bits per heavy atom. The third-order valence-corrected chi connectivity index (χ3v) is 4.96. The van der Waals surface area contributed by atoms with Gasteiger partial charge in [0, 0.05) is 23.9 Å². The molecule has 0 atom stereocenters. The van der Waals surface area contributed by atoms with Crippen molar-refractivity contribution in [2.24, 2.45) is 0 Å². The zero-order valence-corrected chi connectivity index (χ0v) is 18.2. The van der Waals surface area contributed by atoms with E-state index in [2.05, 4.69) is 5.16 Å². The molecule has 2 heterocycles. The first-order valence-electron chi connectivity index (χ1n) is 10.0. The second-order valence-electron chi connectivity index (χ2n) is 7.03. The van der Waals surface area contributed by atoms with Crippen molar-refractivity contribution in [3.63, 3.8) is 0 Å². The van der Waals surface area contributed by atoms with Crippen molar-refractivity contribution in [2.75, 3.05) is 21.3 Å². The van der Waals surface area contributed by atoms with Gasteiger partial charge >= 0.3 is 11.6 Å². The molecule has 9 nitrogen and oxygen atoms in total. The highest BCUT2D eigenvalue weighted by molar-refractivity contribution is 5.84. The zero-order valence-electron chi connectivity index (χ0n) is 18.2. The summed E-state index contributed by atoms with van der Waals surface area (Å²) in [5.74, 6) is 1.71. The number of rotatable bonds is 8. The molecule has 0 aliphatic carbocycles. The minimum absolute atomic E-state index is 0.0819. The van der Waals surface area contributed by atoms with E-state index >= 15 is 0 Å². The summed E-state index contributed by atoms with van der Waals surface area (Å²) in [6.45, 7) is 0. The summed E-state index contributed by atoms with van der Waals surface area (Å²) in [4.78, 5) is 24.8. The summed E-state index contributed by atoms with van der Waals surface area (Å²) in [7, 11) is 4.54. The van der Waals surface area contributed by atoms with Gasteiger partial charge in [-0.3, -0.25) is 4.79 Å². The second kappa shape index (κ2) is 9.47. The monoisotopic (exact) mass is 451 g/mol. The van der Waals surface area contributed by atoms with Gasteiger partial charge in [0.05, 0.1) is 33.3 Å². The van der Waals surface area contributed by atoms with Gasteiger partial charge in [-0.25, -0.2) is 4.79 Å². The molecule has 33 heavy (non-hydrogen) atoms. The summed E-state index contributed by atoms with van der Waals surface area (Å²) >= 11 is 0. The molecule has 0 fully saturated rings. The first-order valence-corrected chi connectivity index (χ1v) is 10.0. The first-order chi connectivity index (χ1) is 16.0. The van der Waals surface area contributed by atoms with Gasteiger partial charge in [-0.15, -0.1) is 0 Å². The number of nitrogens with zero attached hydrogens (tertiary/aromatic N) is 1. The Kier molecular flexibility index (Phi) is 6.30. The molecule has 0 spiro atoms. The van der Waals surface area contributed by atoms with E-state index in [4.69, 9.17) is 27.9 Å². The first kappa shape index (κ1) is 21.9. The van der Waals surface area contributed by atoms with Gasteiger partial charge < -0.3 is 27.9 Å². The lowest BCUT2D eigenvalue weighted by molar-refractivity contribution is -0.134. The van der Waals surface area contributed by atoms with E-state index in [0.29, 0.717) is 51.7 Å². The van der Waals surface area contributed by atoms with Crippen LogP contribution in [0.15, 0.2) is 62.3 Å². The van der Waals surface area contributed by atoms with Gasteiger partial charge in [-0.05, 0) is 41.1 Å². The highest BCUT2D eigenvalue weighted by Crippen LogP contribution is 2.32. The van der Waals surface area contributed by atoms with Gasteiger partial charge in [0.2, 0.25) is 0 Å². The fourth-order valence-electron chi connectivity index (χ4n) is 3.28. The summed E-state index contributed by atoms with van der Waals surface area (Å²) in [5, 5.41) is 4.36. The van der Waals surface area contributed by atoms with E-state index in [9.17, 15) is 9.59 Å². The normalized spacial score (nSPS) is 10.8.